The number of β-amino-alcohol motifs (C(OH)–C–C–N with tert-alkyl or cyclic N) is 1. The maximum Gasteiger partial charge on any atom is 0.416 e. The summed E-state index contributed by atoms with van der Waals surface area (Å²) in [5.74, 6) is -0.265. The van der Waals surface area contributed by atoms with Gasteiger partial charge in [0.25, 0.3) is 5.91 Å². The van der Waals surface area contributed by atoms with E-state index in [0.717, 1.165) is 12.1 Å². The van der Waals surface area contributed by atoms with E-state index < -0.39 is 23.9 Å². The minimum atomic E-state index is -4.43. The standard InChI is InChI=1S/C16H14F3NO2S/c17-16(18,19)11-4-1-3-10(7-11)13-8-12(21)9-20(13)15(22)14-5-2-6-23-14/h1-7,12-13,21H,8-9H2. The van der Waals surface area contributed by atoms with Crippen molar-refractivity contribution in [3.05, 3.63) is 57.8 Å². The lowest BCUT2D eigenvalue weighted by atomic mass is 10.0. The van der Waals surface area contributed by atoms with E-state index in [-0.39, 0.29) is 18.9 Å². The Balaban J connectivity index is 1.92. The molecule has 7 heteroatoms. The van der Waals surface area contributed by atoms with Crippen molar-refractivity contribution >= 4 is 17.2 Å². The average molecular weight is 341 g/mol. The number of hydrogen-bond donors (Lipinski definition) is 1. The molecule has 0 saturated carbocycles. The molecule has 0 radical (unpaired) electrons. The molecule has 1 N–H and O–H groups in total. The van der Waals surface area contributed by atoms with Gasteiger partial charge in [-0.2, -0.15) is 13.2 Å². The highest BCUT2D eigenvalue weighted by Gasteiger charge is 2.37. The van der Waals surface area contributed by atoms with E-state index in [1.54, 1.807) is 23.6 Å². The molecular weight excluding hydrogens is 327 g/mol. The second-order valence-electron chi connectivity index (χ2n) is 5.46. The van der Waals surface area contributed by atoms with E-state index in [2.05, 4.69) is 0 Å². The van der Waals surface area contributed by atoms with Crippen molar-refractivity contribution in [1.29, 1.82) is 0 Å². The van der Waals surface area contributed by atoms with Crippen molar-refractivity contribution in [2.24, 2.45) is 0 Å². The Hall–Kier alpha value is -1.86. The van der Waals surface area contributed by atoms with Gasteiger partial charge >= 0.3 is 6.18 Å². The van der Waals surface area contributed by atoms with Crippen molar-refractivity contribution in [3.63, 3.8) is 0 Å². The molecule has 122 valence electrons. The first-order valence-corrected chi connectivity index (χ1v) is 7.94. The first-order chi connectivity index (χ1) is 10.9. The predicted molar refractivity (Wildman–Crippen MR) is 80.2 cm³/mol. The first-order valence-electron chi connectivity index (χ1n) is 7.06. The summed E-state index contributed by atoms with van der Waals surface area (Å²) in [7, 11) is 0. The fourth-order valence-electron chi connectivity index (χ4n) is 2.82. The second-order valence-corrected chi connectivity index (χ2v) is 6.41. The van der Waals surface area contributed by atoms with Crippen LogP contribution in [0.1, 0.15) is 33.3 Å². The number of benzene rings is 1. The van der Waals surface area contributed by atoms with Gasteiger partial charge in [0, 0.05) is 6.54 Å². The third-order valence-corrected chi connectivity index (χ3v) is 4.73. The van der Waals surface area contributed by atoms with Crippen LogP contribution in [0.3, 0.4) is 0 Å². The van der Waals surface area contributed by atoms with Gasteiger partial charge in [0.1, 0.15) is 0 Å². The number of aliphatic hydroxyl groups is 1. The summed E-state index contributed by atoms with van der Waals surface area (Å²) in [5.41, 5.74) is -0.360. The maximum absolute atomic E-state index is 12.9. The van der Waals surface area contributed by atoms with Crippen LogP contribution in [0.4, 0.5) is 13.2 Å². The molecule has 2 heterocycles. The van der Waals surface area contributed by atoms with Crippen molar-refractivity contribution < 1.29 is 23.1 Å². The van der Waals surface area contributed by atoms with Crippen LogP contribution in [0, 0.1) is 0 Å². The number of carbonyl (C=O) groups is 1. The summed E-state index contributed by atoms with van der Waals surface area (Å²) in [6, 6.07) is 7.80. The molecule has 0 spiro atoms. The molecule has 23 heavy (non-hydrogen) atoms. The van der Waals surface area contributed by atoms with Crippen molar-refractivity contribution in [1.82, 2.24) is 4.90 Å². The van der Waals surface area contributed by atoms with Crippen molar-refractivity contribution in [2.45, 2.75) is 24.7 Å². The summed E-state index contributed by atoms with van der Waals surface area (Å²) in [6.45, 7) is 0.123. The number of thiophene rings is 1. The summed E-state index contributed by atoms with van der Waals surface area (Å²) < 4.78 is 38.6. The lowest BCUT2D eigenvalue weighted by molar-refractivity contribution is -0.137. The smallest absolute Gasteiger partial charge is 0.391 e. The molecule has 3 rings (SSSR count). The van der Waals surface area contributed by atoms with Crippen LogP contribution < -0.4 is 0 Å². The monoisotopic (exact) mass is 341 g/mol. The Bertz CT molecular complexity index is 700. The fourth-order valence-corrected chi connectivity index (χ4v) is 3.50. The third-order valence-electron chi connectivity index (χ3n) is 3.87. The summed E-state index contributed by atoms with van der Waals surface area (Å²) in [5, 5.41) is 11.7. The molecular formula is C16H14F3NO2S. The Kier molecular flexibility index (Phi) is 4.16. The SMILES string of the molecule is O=C(c1cccs1)N1CC(O)CC1c1cccc(C(F)(F)F)c1. The van der Waals surface area contributed by atoms with E-state index in [0.29, 0.717) is 10.4 Å². The topological polar surface area (TPSA) is 40.5 Å². The molecule has 3 nitrogen and oxygen atoms in total. The normalized spacial score (nSPS) is 21.7. The molecule has 1 fully saturated rings. The Morgan fingerprint density at radius 1 is 1.26 bits per heavy atom. The van der Waals surface area contributed by atoms with E-state index in [4.69, 9.17) is 0 Å². The highest BCUT2D eigenvalue weighted by Crippen LogP contribution is 2.37. The van der Waals surface area contributed by atoms with E-state index in [1.165, 1.54) is 22.3 Å². The van der Waals surface area contributed by atoms with Gasteiger partial charge in [0.15, 0.2) is 0 Å². The molecule has 1 aromatic carbocycles. The van der Waals surface area contributed by atoms with Crippen LogP contribution >= 0.6 is 11.3 Å². The number of nitrogens with zero attached hydrogens (tertiary/aromatic N) is 1. The van der Waals surface area contributed by atoms with Gasteiger partial charge in [-0.3, -0.25) is 4.79 Å². The van der Waals surface area contributed by atoms with Gasteiger partial charge < -0.3 is 10.0 Å². The molecule has 2 unspecified atom stereocenters. The van der Waals surface area contributed by atoms with Crippen LogP contribution in [0.15, 0.2) is 41.8 Å². The minimum absolute atomic E-state index is 0.123. The van der Waals surface area contributed by atoms with Gasteiger partial charge in [0.05, 0.1) is 22.6 Å². The second kappa shape index (κ2) is 5.98. The highest BCUT2D eigenvalue weighted by atomic mass is 32.1. The number of hydrogen-bond acceptors (Lipinski definition) is 3. The molecule has 1 amide bonds. The zero-order valence-corrected chi connectivity index (χ0v) is 12.8. The Morgan fingerprint density at radius 2 is 2.04 bits per heavy atom. The largest absolute Gasteiger partial charge is 0.416 e. The lowest BCUT2D eigenvalue weighted by Crippen LogP contribution is -2.31. The summed E-state index contributed by atoms with van der Waals surface area (Å²) >= 11 is 1.27. The van der Waals surface area contributed by atoms with Crippen LogP contribution in [-0.4, -0.2) is 28.6 Å². The molecule has 2 atom stereocenters. The number of rotatable bonds is 2. The van der Waals surface area contributed by atoms with Crippen molar-refractivity contribution in [2.75, 3.05) is 6.54 Å². The van der Waals surface area contributed by atoms with Gasteiger partial charge in [-0.15, -0.1) is 11.3 Å². The molecule has 0 aliphatic carbocycles. The number of carbonyl (C=O) groups excluding carboxylic acids is 1. The molecule has 1 aliphatic rings. The maximum atomic E-state index is 12.9. The van der Waals surface area contributed by atoms with Gasteiger partial charge in [-0.1, -0.05) is 18.2 Å². The van der Waals surface area contributed by atoms with Crippen LogP contribution in [0.2, 0.25) is 0 Å². The van der Waals surface area contributed by atoms with Gasteiger partial charge in [0.2, 0.25) is 0 Å². The van der Waals surface area contributed by atoms with Crippen LogP contribution in [0.25, 0.3) is 0 Å². The number of likely N-dealkylation sites (tertiary alicyclic amines) is 1. The Morgan fingerprint density at radius 3 is 2.70 bits per heavy atom. The third kappa shape index (κ3) is 3.25. The number of alkyl halides is 3. The Labute approximate surface area is 135 Å². The van der Waals surface area contributed by atoms with E-state index >= 15 is 0 Å². The number of amides is 1. The lowest BCUT2D eigenvalue weighted by Gasteiger charge is -2.25. The zero-order chi connectivity index (χ0) is 16.6. The predicted octanol–water partition coefficient (Wildman–Crippen LogP) is 3.72. The van der Waals surface area contributed by atoms with Gasteiger partial charge in [-0.25, -0.2) is 0 Å². The summed E-state index contributed by atoms with van der Waals surface area (Å²) in [6.07, 6.45) is -4.94. The highest BCUT2D eigenvalue weighted by molar-refractivity contribution is 7.12. The molecule has 1 saturated heterocycles. The quantitative estimate of drug-likeness (QED) is 0.904. The van der Waals surface area contributed by atoms with E-state index in [9.17, 15) is 23.1 Å². The molecule has 2 aromatic rings. The summed E-state index contributed by atoms with van der Waals surface area (Å²) in [4.78, 5) is 14.5. The number of aliphatic hydroxyl groups excluding tert-OH is 1. The zero-order valence-electron chi connectivity index (χ0n) is 12.0. The van der Waals surface area contributed by atoms with Crippen LogP contribution in [-0.2, 0) is 6.18 Å². The minimum Gasteiger partial charge on any atom is -0.391 e. The fraction of sp³-hybridized carbons (Fsp3) is 0.312. The first kappa shape index (κ1) is 16.0. The van der Waals surface area contributed by atoms with Gasteiger partial charge in [-0.05, 0) is 35.6 Å². The number of halogens is 3. The molecule has 0 bridgehead atoms. The average Bonchev–Trinajstić information content (AvgIpc) is 3.15. The van der Waals surface area contributed by atoms with Crippen LogP contribution in [0.5, 0.6) is 0 Å². The van der Waals surface area contributed by atoms with E-state index in [1.807, 2.05) is 0 Å². The van der Waals surface area contributed by atoms with Crippen molar-refractivity contribution in [3.8, 4) is 0 Å². The molecule has 1 aromatic heterocycles. The molecule has 1 aliphatic heterocycles.